The second kappa shape index (κ2) is 6.00. The van der Waals surface area contributed by atoms with Crippen molar-refractivity contribution >= 4 is 0 Å². The zero-order valence-electron chi connectivity index (χ0n) is 11.8. The lowest BCUT2D eigenvalue weighted by Crippen LogP contribution is -2.47. The van der Waals surface area contributed by atoms with Gasteiger partial charge in [0, 0.05) is 18.6 Å². The zero-order valence-corrected chi connectivity index (χ0v) is 11.8. The van der Waals surface area contributed by atoms with Gasteiger partial charge in [-0.1, -0.05) is 6.92 Å². The van der Waals surface area contributed by atoms with Crippen LogP contribution in [0.4, 0.5) is 13.2 Å². The van der Waals surface area contributed by atoms with E-state index in [1.807, 2.05) is 7.05 Å². The summed E-state index contributed by atoms with van der Waals surface area (Å²) in [5.74, 6) is 0.998. The normalized spacial score (nSPS) is 32.8. The van der Waals surface area contributed by atoms with Gasteiger partial charge >= 0.3 is 6.18 Å². The van der Waals surface area contributed by atoms with Crippen molar-refractivity contribution in [1.29, 1.82) is 0 Å². The molecule has 0 aliphatic heterocycles. The molecule has 2 fully saturated rings. The number of alkyl halides is 3. The molecule has 19 heavy (non-hydrogen) atoms. The number of halogens is 3. The molecule has 0 aromatic heterocycles. The highest BCUT2D eigenvalue weighted by molar-refractivity contribution is 4.91. The fourth-order valence-electron chi connectivity index (χ4n) is 3.39. The lowest BCUT2D eigenvalue weighted by Gasteiger charge is -2.38. The molecule has 2 saturated carbocycles. The highest BCUT2D eigenvalue weighted by atomic mass is 19.4. The van der Waals surface area contributed by atoms with E-state index in [-0.39, 0.29) is 6.04 Å². The third-order valence-electron chi connectivity index (χ3n) is 4.53. The summed E-state index contributed by atoms with van der Waals surface area (Å²) in [5, 5.41) is 3.29. The standard InChI is InChI=1S/C14H25F3N2/c1-10-3-6-13(18-2)11(7-10)8-19(12-4-5-12)9-14(15,16)17/h10-13,18H,3-9H2,1-2H3. The first kappa shape index (κ1) is 15.1. The minimum absolute atomic E-state index is 0.177. The van der Waals surface area contributed by atoms with E-state index in [1.54, 1.807) is 4.90 Å². The van der Waals surface area contributed by atoms with Gasteiger partial charge in [0.05, 0.1) is 6.54 Å². The third kappa shape index (κ3) is 4.63. The van der Waals surface area contributed by atoms with E-state index in [1.165, 1.54) is 6.42 Å². The SMILES string of the molecule is CNC1CCC(C)CC1CN(CC(F)(F)F)C1CC1. The van der Waals surface area contributed by atoms with Gasteiger partial charge in [0.2, 0.25) is 0 Å². The van der Waals surface area contributed by atoms with Crippen molar-refractivity contribution in [3.63, 3.8) is 0 Å². The molecule has 0 heterocycles. The summed E-state index contributed by atoms with van der Waals surface area (Å²) in [7, 11) is 1.93. The molecule has 2 rings (SSSR count). The van der Waals surface area contributed by atoms with Crippen LogP contribution in [-0.2, 0) is 0 Å². The minimum atomic E-state index is -4.07. The molecule has 2 nitrogen and oxygen atoms in total. The molecule has 0 aromatic carbocycles. The van der Waals surface area contributed by atoms with Crippen LogP contribution in [0.2, 0.25) is 0 Å². The van der Waals surface area contributed by atoms with Crippen LogP contribution >= 0.6 is 0 Å². The average molecular weight is 278 g/mol. The molecule has 0 aromatic rings. The van der Waals surface area contributed by atoms with Crippen molar-refractivity contribution in [2.75, 3.05) is 20.1 Å². The molecule has 0 radical (unpaired) electrons. The van der Waals surface area contributed by atoms with Crippen molar-refractivity contribution in [2.45, 2.75) is 57.3 Å². The summed E-state index contributed by atoms with van der Waals surface area (Å²) in [6.07, 6.45) is 1.12. The second-order valence-corrected chi connectivity index (χ2v) is 6.35. The Morgan fingerprint density at radius 3 is 2.37 bits per heavy atom. The first-order valence-electron chi connectivity index (χ1n) is 7.37. The lowest BCUT2D eigenvalue weighted by atomic mass is 9.78. The third-order valence-corrected chi connectivity index (χ3v) is 4.53. The van der Waals surface area contributed by atoms with Gasteiger partial charge in [0.15, 0.2) is 0 Å². The maximum absolute atomic E-state index is 12.6. The molecular weight excluding hydrogens is 253 g/mol. The molecule has 3 unspecified atom stereocenters. The van der Waals surface area contributed by atoms with Crippen molar-refractivity contribution in [3.05, 3.63) is 0 Å². The number of hydrogen-bond donors (Lipinski definition) is 1. The predicted molar refractivity (Wildman–Crippen MR) is 70.0 cm³/mol. The van der Waals surface area contributed by atoms with Gasteiger partial charge in [-0.15, -0.1) is 0 Å². The molecule has 0 spiro atoms. The van der Waals surface area contributed by atoms with E-state index in [0.717, 1.165) is 25.7 Å². The molecule has 0 amide bonds. The number of nitrogens with zero attached hydrogens (tertiary/aromatic N) is 1. The van der Waals surface area contributed by atoms with E-state index >= 15 is 0 Å². The average Bonchev–Trinajstić information content (AvgIpc) is 3.10. The quantitative estimate of drug-likeness (QED) is 0.831. The summed E-state index contributed by atoms with van der Waals surface area (Å²) in [4.78, 5) is 1.67. The zero-order chi connectivity index (χ0) is 14.0. The van der Waals surface area contributed by atoms with Gasteiger partial charge in [-0.25, -0.2) is 0 Å². The summed E-state index contributed by atoms with van der Waals surface area (Å²) in [5.41, 5.74) is 0. The van der Waals surface area contributed by atoms with Crippen LogP contribution in [-0.4, -0.2) is 43.3 Å². The Balaban J connectivity index is 1.94. The topological polar surface area (TPSA) is 15.3 Å². The van der Waals surface area contributed by atoms with Crippen LogP contribution in [0, 0.1) is 11.8 Å². The first-order chi connectivity index (χ1) is 8.89. The van der Waals surface area contributed by atoms with Crippen LogP contribution in [0.25, 0.3) is 0 Å². The number of rotatable bonds is 5. The van der Waals surface area contributed by atoms with Gasteiger partial charge in [-0.05, 0) is 51.0 Å². The second-order valence-electron chi connectivity index (χ2n) is 6.35. The van der Waals surface area contributed by atoms with E-state index in [2.05, 4.69) is 12.2 Å². The largest absolute Gasteiger partial charge is 0.401 e. The molecular formula is C14H25F3N2. The monoisotopic (exact) mass is 278 g/mol. The van der Waals surface area contributed by atoms with Crippen molar-refractivity contribution in [3.8, 4) is 0 Å². The van der Waals surface area contributed by atoms with Gasteiger partial charge in [0.25, 0.3) is 0 Å². The van der Waals surface area contributed by atoms with Crippen molar-refractivity contribution in [2.24, 2.45) is 11.8 Å². The van der Waals surface area contributed by atoms with E-state index < -0.39 is 12.7 Å². The Morgan fingerprint density at radius 1 is 1.16 bits per heavy atom. The van der Waals surface area contributed by atoms with Crippen LogP contribution in [0.5, 0.6) is 0 Å². The summed E-state index contributed by atoms with van der Waals surface area (Å²) in [6.45, 7) is 2.07. The highest BCUT2D eigenvalue weighted by Gasteiger charge is 2.40. The fraction of sp³-hybridized carbons (Fsp3) is 1.00. The van der Waals surface area contributed by atoms with Crippen LogP contribution < -0.4 is 5.32 Å². The molecule has 3 atom stereocenters. The summed E-state index contributed by atoms with van der Waals surface area (Å²) in [6, 6.07) is 0.557. The first-order valence-corrected chi connectivity index (χ1v) is 7.37. The van der Waals surface area contributed by atoms with Gasteiger partial charge in [-0.3, -0.25) is 4.90 Å². The number of hydrogen-bond acceptors (Lipinski definition) is 2. The summed E-state index contributed by atoms with van der Waals surface area (Å²) < 4.78 is 37.9. The molecule has 5 heteroatoms. The van der Waals surface area contributed by atoms with E-state index in [0.29, 0.717) is 24.4 Å². The lowest BCUT2D eigenvalue weighted by molar-refractivity contribution is -0.149. The minimum Gasteiger partial charge on any atom is -0.317 e. The molecule has 2 aliphatic rings. The molecule has 112 valence electrons. The Labute approximate surface area is 113 Å². The smallest absolute Gasteiger partial charge is 0.317 e. The number of nitrogens with one attached hydrogen (secondary N) is 1. The Bertz CT molecular complexity index is 289. The Hall–Kier alpha value is -0.290. The van der Waals surface area contributed by atoms with Crippen LogP contribution in [0.15, 0.2) is 0 Å². The molecule has 2 aliphatic carbocycles. The maximum Gasteiger partial charge on any atom is 0.401 e. The maximum atomic E-state index is 12.6. The Morgan fingerprint density at radius 2 is 1.84 bits per heavy atom. The van der Waals surface area contributed by atoms with Crippen molar-refractivity contribution < 1.29 is 13.2 Å². The summed E-state index contributed by atoms with van der Waals surface area (Å²) >= 11 is 0. The predicted octanol–water partition coefficient (Wildman–Crippen LogP) is 3.04. The Kier molecular flexibility index (Phi) is 4.77. The van der Waals surface area contributed by atoms with E-state index in [9.17, 15) is 13.2 Å². The van der Waals surface area contributed by atoms with Crippen molar-refractivity contribution in [1.82, 2.24) is 10.2 Å². The van der Waals surface area contributed by atoms with Gasteiger partial charge in [0.1, 0.15) is 0 Å². The van der Waals surface area contributed by atoms with Crippen LogP contribution in [0.3, 0.4) is 0 Å². The fourth-order valence-corrected chi connectivity index (χ4v) is 3.39. The van der Waals surface area contributed by atoms with Gasteiger partial charge in [-0.2, -0.15) is 13.2 Å². The highest BCUT2D eigenvalue weighted by Crippen LogP contribution is 2.35. The molecule has 0 bridgehead atoms. The van der Waals surface area contributed by atoms with E-state index in [4.69, 9.17) is 0 Å². The van der Waals surface area contributed by atoms with Crippen LogP contribution in [0.1, 0.15) is 39.0 Å². The molecule has 1 N–H and O–H groups in total. The molecule has 0 saturated heterocycles. The van der Waals surface area contributed by atoms with Gasteiger partial charge < -0.3 is 5.32 Å².